The van der Waals surface area contributed by atoms with Gasteiger partial charge in [0.05, 0.1) is 0 Å². The number of hydrogen-bond donors (Lipinski definition) is 1. The van der Waals surface area contributed by atoms with Crippen molar-refractivity contribution in [3.8, 4) is 0 Å². The molecule has 3 rings (SSSR count). The van der Waals surface area contributed by atoms with Crippen molar-refractivity contribution in [3.05, 3.63) is 0 Å². The smallest absolute Gasteiger partial charge is 0.226 e. The average Bonchev–Trinajstić information content (AvgIpc) is 2.90. The zero-order valence-corrected chi connectivity index (χ0v) is 10.4. The van der Waals surface area contributed by atoms with E-state index in [0.717, 1.165) is 31.8 Å². The third-order valence-corrected chi connectivity index (χ3v) is 4.59. The number of nitrogens with two attached hydrogens (primary N) is 1. The van der Waals surface area contributed by atoms with Gasteiger partial charge in [-0.25, -0.2) is 0 Å². The first kappa shape index (κ1) is 12.2. The van der Waals surface area contributed by atoms with Crippen molar-refractivity contribution >= 4 is 18.3 Å². The summed E-state index contributed by atoms with van der Waals surface area (Å²) in [7, 11) is 0. The van der Waals surface area contributed by atoms with E-state index in [1.807, 2.05) is 4.90 Å². The maximum Gasteiger partial charge on any atom is 0.226 e. The molecule has 0 aromatic heterocycles. The number of halogens is 1. The number of nitrogens with zero attached hydrogens (tertiary/aromatic N) is 1. The quantitative estimate of drug-likeness (QED) is 0.758. The van der Waals surface area contributed by atoms with Crippen molar-refractivity contribution in [1.29, 1.82) is 0 Å². The normalized spacial score (nSPS) is 41.2. The summed E-state index contributed by atoms with van der Waals surface area (Å²) >= 11 is 0. The third kappa shape index (κ3) is 1.95. The van der Waals surface area contributed by atoms with Crippen molar-refractivity contribution in [2.75, 3.05) is 13.1 Å². The van der Waals surface area contributed by atoms with E-state index in [4.69, 9.17) is 5.73 Å². The van der Waals surface area contributed by atoms with Crippen LogP contribution in [0.4, 0.5) is 0 Å². The number of likely N-dealkylation sites (tertiary alicyclic amines) is 1. The predicted octanol–water partition coefficient (Wildman–Crippen LogP) is 1.40. The SMILES string of the molecule is Cl.NC1CCN(C(=O)C2CC3CCC2C3)C1. The molecule has 1 amide bonds. The summed E-state index contributed by atoms with van der Waals surface area (Å²) in [5.41, 5.74) is 5.84. The van der Waals surface area contributed by atoms with E-state index in [0.29, 0.717) is 17.7 Å². The molecule has 1 heterocycles. The molecule has 92 valence electrons. The van der Waals surface area contributed by atoms with Gasteiger partial charge in [0.2, 0.25) is 5.91 Å². The summed E-state index contributed by atoms with van der Waals surface area (Å²) in [6.45, 7) is 1.70. The van der Waals surface area contributed by atoms with E-state index < -0.39 is 0 Å². The Kier molecular flexibility index (Phi) is 3.45. The first-order valence-electron chi connectivity index (χ1n) is 6.28. The van der Waals surface area contributed by atoms with Crippen molar-refractivity contribution in [3.63, 3.8) is 0 Å². The maximum absolute atomic E-state index is 12.3. The highest BCUT2D eigenvalue weighted by Gasteiger charge is 2.44. The second kappa shape index (κ2) is 4.53. The van der Waals surface area contributed by atoms with Gasteiger partial charge in [0.15, 0.2) is 0 Å². The van der Waals surface area contributed by atoms with Gasteiger partial charge in [-0.2, -0.15) is 0 Å². The van der Waals surface area contributed by atoms with Crippen LogP contribution in [0.15, 0.2) is 0 Å². The highest BCUT2D eigenvalue weighted by atomic mass is 35.5. The predicted molar refractivity (Wildman–Crippen MR) is 65.4 cm³/mol. The van der Waals surface area contributed by atoms with Crippen molar-refractivity contribution in [2.24, 2.45) is 23.5 Å². The molecule has 0 aromatic rings. The molecular formula is C12H21ClN2O. The van der Waals surface area contributed by atoms with E-state index in [1.54, 1.807) is 0 Å². The van der Waals surface area contributed by atoms with Gasteiger partial charge in [-0.3, -0.25) is 4.79 Å². The number of rotatable bonds is 1. The Balaban J connectivity index is 0.000000963. The highest BCUT2D eigenvalue weighted by molar-refractivity contribution is 5.85. The van der Waals surface area contributed by atoms with Gasteiger partial charge in [0, 0.05) is 25.0 Å². The van der Waals surface area contributed by atoms with Gasteiger partial charge >= 0.3 is 0 Å². The van der Waals surface area contributed by atoms with Gasteiger partial charge in [0.25, 0.3) is 0 Å². The van der Waals surface area contributed by atoms with Crippen molar-refractivity contribution in [2.45, 2.75) is 38.1 Å². The van der Waals surface area contributed by atoms with Crippen molar-refractivity contribution < 1.29 is 4.79 Å². The number of hydrogen-bond acceptors (Lipinski definition) is 2. The topological polar surface area (TPSA) is 46.3 Å². The Morgan fingerprint density at radius 2 is 2.00 bits per heavy atom. The van der Waals surface area contributed by atoms with Gasteiger partial charge in [-0.1, -0.05) is 6.42 Å². The van der Waals surface area contributed by atoms with Crippen molar-refractivity contribution in [1.82, 2.24) is 4.90 Å². The Bertz CT molecular complexity index is 284. The fraction of sp³-hybridized carbons (Fsp3) is 0.917. The van der Waals surface area contributed by atoms with Gasteiger partial charge in [-0.05, 0) is 37.5 Å². The second-order valence-electron chi connectivity index (χ2n) is 5.61. The molecule has 2 bridgehead atoms. The van der Waals surface area contributed by atoms with E-state index in [2.05, 4.69) is 0 Å². The molecule has 3 fully saturated rings. The molecule has 16 heavy (non-hydrogen) atoms. The minimum absolute atomic E-state index is 0. The summed E-state index contributed by atoms with van der Waals surface area (Å²) in [5.74, 6) is 2.34. The Morgan fingerprint density at radius 3 is 2.50 bits per heavy atom. The molecule has 4 unspecified atom stereocenters. The van der Waals surface area contributed by atoms with Gasteiger partial charge < -0.3 is 10.6 Å². The molecule has 0 aromatic carbocycles. The van der Waals surface area contributed by atoms with E-state index in [1.165, 1.54) is 19.3 Å². The molecule has 2 N–H and O–H groups in total. The van der Waals surface area contributed by atoms with Gasteiger partial charge in [-0.15, -0.1) is 12.4 Å². The number of carbonyl (C=O) groups is 1. The molecule has 3 nitrogen and oxygen atoms in total. The van der Waals surface area contributed by atoms with Crippen LogP contribution in [-0.2, 0) is 4.79 Å². The standard InChI is InChI=1S/C12H20N2O.ClH/c13-10-3-4-14(7-10)12(15)11-6-8-1-2-9(11)5-8;/h8-11H,1-7,13H2;1H. The Hall–Kier alpha value is -0.280. The lowest BCUT2D eigenvalue weighted by Crippen LogP contribution is -2.38. The molecular weight excluding hydrogens is 224 g/mol. The second-order valence-corrected chi connectivity index (χ2v) is 5.61. The van der Waals surface area contributed by atoms with Crippen LogP contribution in [0.3, 0.4) is 0 Å². The van der Waals surface area contributed by atoms with E-state index in [-0.39, 0.29) is 18.4 Å². The maximum atomic E-state index is 12.3. The van der Waals surface area contributed by atoms with E-state index in [9.17, 15) is 4.79 Å². The van der Waals surface area contributed by atoms with Crippen LogP contribution in [0, 0.1) is 17.8 Å². The molecule has 1 saturated heterocycles. The average molecular weight is 245 g/mol. The fourth-order valence-electron chi connectivity index (χ4n) is 3.77. The summed E-state index contributed by atoms with van der Waals surface area (Å²) in [4.78, 5) is 14.3. The first-order valence-corrected chi connectivity index (χ1v) is 6.28. The molecule has 2 saturated carbocycles. The summed E-state index contributed by atoms with van der Waals surface area (Å²) in [5, 5.41) is 0. The Labute approximate surface area is 103 Å². The Morgan fingerprint density at radius 1 is 1.19 bits per heavy atom. The lowest BCUT2D eigenvalue weighted by Gasteiger charge is -2.26. The van der Waals surface area contributed by atoms with Crippen LogP contribution >= 0.6 is 12.4 Å². The third-order valence-electron chi connectivity index (χ3n) is 4.59. The van der Waals surface area contributed by atoms with E-state index >= 15 is 0 Å². The lowest BCUT2D eigenvalue weighted by molar-refractivity contribution is -0.136. The molecule has 1 aliphatic heterocycles. The number of fused-ring (bicyclic) bond motifs is 2. The largest absolute Gasteiger partial charge is 0.341 e. The van der Waals surface area contributed by atoms with Crippen LogP contribution in [0.2, 0.25) is 0 Å². The number of amides is 1. The van der Waals surface area contributed by atoms with Crippen LogP contribution in [0.5, 0.6) is 0 Å². The minimum Gasteiger partial charge on any atom is -0.341 e. The monoisotopic (exact) mass is 244 g/mol. The zero-order chi connectivity index (χ0) is 10.4. The molecule has 3 aliphatic rings. The molecule has 2 aliphatic carbocycles. The van der Waals surface area contributed by atoms with Gasteiger partial charge in [0.1, 0.15) is 0 Å². The van der Waals surface area contributed by atoms with Crippen LogP contribution in [-0.4, -0.2) is 29.9 Å². The summed E-state index contributed by atoms with van der Waals surface area (Å²) in [6, 6.07) is 0.229. The highest BCUT2D eigenvalue weighted by Crippen LogP contribution is 2.49. The fourth-order valence-corrected chi connectivity index (χ4v) is 3.77. The zero-order valence-electron chi connectivity index (χ0n) is 9.60. The van der Waals surface area contributed by atoms with Crippen LogP contribution in [0.25, 0.3) is 0 Å². The molecule has 0 spiro atoms. The number of carbonyl (C=O) groups excluding carboxylic acids is 1. The molecule has 0 radical (unpaired) electrons. The molecule has 4 atom stereocenters. The molecule has 4 heteroatoms. The minimum atomic E-state index is 0. The van der Waals surface area contributed by atoms with Crippen LogP contribution in [0.1, 0.15) is 32.1 Å². The lowest BCUT2D eigenvalue weighted by atomic mass is 9.88. The summed E-state index contributed by atoms with van der Waals surface area (Å²) in [6.07, 6.45) is 6.13. The van der Waals surface area contributed by atoms with Crippen LogP contribution < -0.4 is 5.73 Å². The summed E-state index contributed by atoms with van der Waals surface area (Å²) < 4.78 is 0. The first-order chi connectivity index (χ1) is 7.24.